The summed E-state index contributed by atoms with van der Waals surface area (Å²) in [5, 5.41) is 8.45. The summed E-state index contributed by atoms with van der Waals surface area (Å²) in [5.74, 6) is 2.29. The first-order valence-corrected chi connectivity index (χ1v) is 6.31. The highest BCUT2D eigenvalue weighted by Gasteiger charge is 2.13. The Hall–Kier alpha value is -1.68. The minimum Gasteiger partial charge on any atom is -0.324 e. The predicted molar refractivity (Wildman–Crippen MR) is 72.9 cm³/mol. The maximum absolute atomic E-state index is 5.72. The largest absolute Gasteiger partial charge is 0.324 e. The van der Waals surface area contributed by atoms with Gasteiger partial charge < -0.3 is 10.3 Å². The molecule has 0 amide bonds. The fourth-order valence-corrected chi connectivity index (χ4v) is 1.96. The summed E-state index contributed by atoms with van der Waals surface area (Å²) in [6.45, 7) is 7.75. The van der Waals surface area contributed by atoms with Crippen LogP contribution in [0.25, 0.3) is 11.4 Å². The Kier molecular flexibility index (Phi) is 3.77. The van der Waals surface area contributed by atoms with E-state index in [1.807, 2.05) is 0 Å². The fraction of sp³-hybridized carbons (Fsp3) is 0.429. The number of aromatic nitrogens is 3. The lowest BCUT2D eigenvalue weighted by molar-refractivity contribution is 0.510. The highest BCUT2D eigenvalue weighted by molar-refractivity contribution is 5.55. The van der Waals surface area contributed by atoms with E-state index in [-0.39, 0.29) is 0 Å². The summed E-state index contributed by atoms with van der Waals surface area (Å²) in [6, 6.07) is 8.34. The van der Waals surface area contributed by atoms with Gasteiger partial charge in [0.05, 0.1) is 6.54 Å². The van der Waals surface area contributed by atoms with Crippen LogP contribution in [0.4, 0.5) is 0 Å². The van der Waals surface area contributed by atoms with Crippen molar-refractivity contribution in [3.05, 3.63) is 35.7 Å². The number of hydrogen-bond acceptors (Lipinski definition) is 3. The zero-order valence-electron chi connectivity index (χ0n) is 11.2. The molecule has 4 heteroatoms. The van der Waals surface area contributed by atoms with Crippen LogP contribution in [0.1, 0.15) is 25.2 Å². The first-order valence-electron chi connectivity index (χ1n) is 6.31. The van der Waals surface area contributed by atoms with Gasteiger partial charge in [0.15, 0.2) is 5.82 Å². The van der Waals surface area contributed by atoms with Gasteiger partial charge in [0.1, 0.15) is 5.82 Å². The Bertz CT molecular complexity index is 511. The second-order valence-corrected chi connectivity index (χ2v) is 5.01. The van der Waals surface area contributed by atoms with Crippen molar-refractivity contribution in [3.63, 3.8) is 0 Å². The predicted octanol–water partition coefficient (Wildman–Crippen LogP) is 2.37. The number of benzene rings is 1. The minimum absolute atomic E-state index is 0.422. The van der Waals surface area contributed by atoms with Crippen molar-refractivity contribution in [3.8, 4) is 11.4 Å². The molecule has 0 aliphatic rings. The number of nitrogens with zero attached hydrogens (tertiary/aromatic N) is 3. The van der Waals surface area contributed by atoms with Crippen LogP contribution >= 0.6 is 0 Å². The molecule has 0 bridgehead atoms. The second-order valence-electron chi connectivity index (χ2n) is 5.01. The zero-order chi connectivity index (χ0) is 13.1. The first-order chi connectivity index (χ1) is 8.61. The molecule has 96 valence electrons. The molecule has 0 spiro atoms. The average molecular weight is 244 g/mol. The third-order valence-electron chi connectivity index (χ3n) is 2.87. The van der Waals surface area contributed by atoms with Gasteiger partial charge in [0, 0.05) is 12.1 Å². The summed E-state index contributed by atoms with van der Waals surface area (Å²) in [5.41, 5.74) is 8.05. The van der Waals surface area contributed by atoms with Crippen LogP contribution in [0.15, 0.2) is 24.3 Å². The molecule has 0 radical (unpaired) electrons. The Morgan fingerprint density at radius 2 is 1.83 bits per heavy atom. The molecule has 0 unspecified atom stereocenters. The maximum atomic E-state index is 5.72. The molecule has 2 rings (SSSR count). The van der Waals surface area contributed by atoms with Gasteiger partial charge in [-0.25, -0.2) is 0 Å². The Morgan fingerprint density at radius 1 is 1.17 bits per heavy atom. The van der Waals surface area contributed by atoms with Crippen LogP contribution in [0.3, 0.4) is 0 Å². The monoisotopic (exact) mass is 244 g/mol. The van der Waals surface area contributed by atoms with E-state index >= 15 is 0 Å². The van der Waals surface area contributed by atoms with Crippen LogP contribution < -0.4 is 5.73 Å². The van der Waals surface area contributed by atoms with Gasteiger partial charge in [0.2, 0.25) is 0 Å². The molecule has 0 saturated heterocycles. The summed E-state index contributed by atoms with van der Waals surface area (Å²) >= 11 is 0. The van der Waals surface area contributed by atoms with E-state index in [2.05, 4.69) is 59.8 Å². The van der Waals surface area contributed by atoms with Gasteiger partial charge in [-0.2, -0.15) is 0 Å². The second kappa shape index (κ2) is 5.31. The molecule has 2 N–H and O–H groups in total. The third-order valence-corrected chi connectivity index (χ3v) is 2.87. The quantitative estimate of drug-likeness (QED) is 0.898. The number of aryl methyl sites for hydroxylation is 1. The lowest BCUT2D eigenvalue weighted by Crippen LogP contribution is -2.13. The van der Waals surface area contributed by atoms with E-state index in [0.29, 0.717) is 12.5 Å². The smallest absolute Gasteiger partial charge is 0.164 e. The lowest BCUT2D eigenvalue weighted by Gasteiger charge is -2.12. The molecule has 0 fully saturated rings. The molecule has 2 aromatic rings. The van der Waals surface area contributed by atoms with E-state index in [1.165, 1.54) is 5.56 Å². The highest BCUT2D eigenvalue weighted by atomic mass is 15.3. The molecule has 1 heterocycles. The molecule has 0 saturated carbocycles. The molecule has 0 aliphatic carbocycles. The summed E-state index contributed by atoms with van der Waals surface area (Å²) in [6.07, 6.45) is 0. The summed E-state index contributed by atoms with van der Waals surface area (Å²) < 4.78 is 2.12. The Balaban J connectivity index is 2.43. The van der Waals surface area contributed by atoms with Crippen molar-refractivity contribution in [1.29, 1.82) is 0 Å². The lowest BCUT2D eigenvalue weighted by atomic mass is 10.1. The minimum atomic E-state index is 0.422. The van der Waals surface area contributed by atoms with Crippen molar-refractivity contribution in [2.45, 2.75) is 33.9 Å². The number of hydrogen-bond donors (Lipinski definition) is 1. The highest BCUT2D eigenvalue weighted by Crippen LogP contribution is 2.20. The molecule has 0 aliphatic heterocycles. The van der Waals surface area contributed by atoms with Crippen LogP contribution in [0.5, 0.6) is 0 Å². The van der Waals surface area contributed by atoms with E-state index in [0.717, 1.165) is 23.8 Å². The van der Waals surface area contributed by atoms with Crippen molar-refractivity contribution < 1.29 is 0 Å². The van der Waals surface area contributed by atoms with Crippen LogP contribution in [0.2, 0.25) is 0 Å². The Morgan fingerprint density at radius 3 is 2.39 bits per heavy atom. The number of rotatable bonds is 4. The van der Waals surface area contributed by atoms with E-state index < -0.39 is 0 Å². The van der Waals surface area contributed by atoms with Gasteiger partial charge in [-0.05, 0) is 12.8 Å². The van der Waals surface area contributed by atoms with Gasteiger partial charge in [-0.15, -0.1) is 10.2 Å². The zero-order valence-corrected chi connectivity index (χ0v) is 11.2. The van der Waals surface area contributed by atoms with Crippen molar-refractivity contribution in [2.75, 3.05) is 0 Å². The first kappa shape index (κ1) is 12.8. The van der Waals surface area contributed by atoms with E-state index in [4.69, 9.17) is 5.73 Å². The van der Waals surface area contributed by atoms with Gasteiger partial charge in [-0.1, -0.05) is 43.7 Å². The maximum Gasteiger partial charge on any atom is 0.164 e. The SMILES string of the molecule is Cc1ccc(-c2nnc(CN)n2CC(C)C)cc1. The van der Waals surface area contributed by atoms with Crippen molar-refractivity contribution in [1.82, 2.24) is 14.8 Å². The normalized spacial score (nSPS) is 11.2. The molecule has 1 aromatic carbocycles. The van der Waals surface area contributed by atoms with Crippen LogP contribution in [-0.4, -0.2) is 14.8 Å². The standard InChI is InChI=1S/C14H20N4/c1-10(2)9-18-13(8-15)16-17-14(18)12-6-4-11(3)5-7-12/h4-7,10H,8-9,15H2,1-3H3. The van der Waals surface area contributed by atoms with Crippen molar-refractivity contribution >= 4 is 0 Å². The van der Waals surface area contributed by atoms with E-state index in [9.17, 15) is 0 Å². The van der Waals surface area contributed by atoms with Gasteiger partial charge in [0.25, 0.3) is 0 Å². The summed E-state index contributed by atoms with van der Waals surface area (Å²) in [7, 11) is 0. The average Bonchev–Trinajstić information content (AvgIpc) is 2.72. The molecular formula is C14H20N4. The van der Waals surface area contributed by atoms with Gasteiger partial charge >= 0.3 is 0 Å². The topological polar surface area (TPSA) is 56.7 Å². The Labute approximate surface area is 108 Å². The fourth-order valence-electron chi connectivity index (χ4n) is 1.96. The molecule has 4 nitrogen and oxygen atoms in total. The van der Waals surface area contributed by atoms with Crippen LogP contribution in [-0.2, 0) is 13.1 Å². The van der Waals surface area contributed by atoms with Crippen LogP contribution in [0, 0.1) is 12.8 Å². The third kappa shape index (κ3) is 2.59. The van der Waals surface area contributed by atoms with Crippen molar-refractivity contribution in [2.24, 2.45) is 11.7 Å². The van der Waals surface area contributed by atoms with E-state index in [1.54, 1.807) is 0 Å². The van der Waals surface area contributed by atoms with Gasteiger partial charge in [-0.3, -0.25) is 0 Å². The molecule has 1 aromatic heterocycles. The number of nitrogens with two attached hydrogens (primary N) is 1. The summed E-state index contributed by atoms with van der Waals surface area (Å²) in [4.78, 5) is 0. The molecular weight excluding hydrogens is 224 g/mol. The molecule has 0 atom stereocenters. The molecule has 18 heavy (non-hydrogen) atoms.